The summed E-state index contributed by atoms with van der Waals surface area (Å²) in [6.07, 6.45) is 2.93. The summed E-state index contributed by atoms with van der Waals surface area (Å²) in [6.45, 7) is 3.85. The van der Waals surface area contributed by atoms with Gasteiger partial charge in [0.05, 0.1) is 6.10 Å². The molecule has 1 saturated heterocycles. The fourth-order valence-electron chi connectivity index (χ4n) is 1.75. The molecule has 1 aliphatic rings. The van der Waals surface area contributed by atoms with E-state index in [1.165, 1.54) is 0 Å². The van der Waals surface area contributed by atoms with Crippen molar-refractivity contribution in [3.8, 4) is 0 Å². The van der Waals surface area contributed by atoms with E-state index in [1.807, 2.05) is 0 Å². The highest BCUT2D eigenvalue weighted by molar-refractivity contribution is 5.75. The predicted molar refractivity (Wildman–Crippen MR) is 59.7 cm³/mol. The van der Waals surface area contributed by atoms with Crippen LogP contribution in [0.4, 0.5) is 0 Å². The van der Waals surface area contributed by atoms with E-state index in [-0.39, 0.29) is 5.91 Å². The zero-order valence-corrected chi connectivity index (χ0v) is 9.95. The first-order chi connectivity index (χ1) is 7.11. The topological polar surface area (TPSA) is 41.6 Å². The van der Waals surface area contributed by atoms with Gasteiger partial charge in [0.2, 0.25) is 5.91 Å². The van der Waals surface area contributed by atoms with Gasteiger partial charge in [-0.05, 0) is 26.3 Å². The maximum absolute atomic E-state index is 11.3. The molecule has 4 heteroatoms. The van der Waals surface area contributed by atoms with Crippen molar-refractivity contribution >= 4 is 5.91 Å². The third-order valence-corrected chi connectivity index (χ3v) is 2.85. The Balaban J connectivity index is 2.04. The van der Waals surface area contributed by atoms with E-state index in [9.17, 15) is 4.79 Å². The molecule has 1 heterocycles. The van der Waals surface area contributed by atoms with Crippen LogP contribution >= 0.6 is 0 Å². The molecule has 1 aliphatic heterocycles. The van der Waals surface area contributed by atoms with E-state index in [1.54, 1.807) is 19.0 Å². The number of rotatable bonds is 5. The molecule has 1 amide bonds. The summed E-state index contributed by atoms with van der Waals surface area (Å²) in [5, 5.41) is 3.43. The van der Waals surface area contributed by atoms with Gasteiger partial charge in [0.15, 0.2) is 0 Å². The SMILES string of the molecule is CC1OCCC1NCCCC(=O)N(C)C. The Kier molecular flexibility index (Phi) is 5.05. The van der Waals surface area contributed by atoms with Gasteiger partial charge in [-0.2, -0.15) is 0 Å². The smallest absolute Gasteiger partial charge is 0.222 e. The van der Waals surface area contributed by atoms with E-state index in [4.69, 9.17) is 4.74 Å². The maximum Gasteiger partial charge on any atom is 0.222 e. The molecule has 1 N–H and O–H groups in total. The summed E-state index contributed by atoms with van der Waals surface area (Å²) in [5.41, 5.74) is 0. The van der Waals surface area contributed by atoms with Gasteiger partial charge in [-0.15, -0.1) is 0 Å². The minimum atomic E-state index is 0.201. The van der Waals surface area contributed by atoms with Crippen molar-refractivity contribution in [2.75, 3.05) is 27.2 Å². The minimum Gasteiger partial charge on any atom is -0.377 e. The Morgan fingerprint density at radius 1 is 1.53 bits per heavy atom. The van der Waals surface area contributed by atoms with Crippen molar-refractivity contribution in [3.63, 3.8) is 0 Å². The Morgan fingerprint density at radius 2 is 2.27 bits per heavy atom. The molecule has 0 spiro atoms. The van der Waals surface area contributed by atoms with Gasteiger partial charge in [-0.3, -0.25) is 4.79 Å². The Morgan fingerprint density at radius 3 is 2.80 bits per heavy atom. The molecule has 0 aromatic rings. The Hall–Kier alpha value is -0.610. The largest absolute Gasteiger partial charge is 0.377 e. The number of nitrogens with zero attached hydrogens (tertiary/aromatic N) is 1. The van der Waals surface area contributed by atoms with Crippen LogP contribution in [0.2, 0.25) is 0 Å². The zero-order valence-electron chi connectivity index (χ0n) is 9.95. The molecule has 0 aromatic carbocycles. The van der Waals surface area contributed by atoms with Crippen molar-refractivity contribution in [2.45, 2.75) is 38.3 Å². The summed E-state index contributed by atoms with van der Waals surface area (Å²) < 4.78 is 5.44. The number of carbonyl (C=O) groups is 1. The zero-order chi connectivity index (χ0) is 11.3. The second-order valence-corrected chi connectivity index (χ2v) is 4.32. The Labute approximate surface area is 92.0 Å². The molecular formula is C11H22N2O2. The van der Waals surface area contributed by atoms with Crippen LogP contribution < -0.4 is 5.32 Å². The third kappa shape index (κ3) is 4.18. The summed E-state index contributed by atoms with van der Waals surface area (Å²) in [5.74, 6) is 0.201. The average molecular weight is 214 g/mol. The second kappa shape index (κ2) is 6.08. The average Bonchev–Trinajstić information content (AvgIpc) is 2.58. The molecule has 0 aromatic heterocycles. The Bertz CT molecular complexity index is 207. The quantitative estimate of drug-likeness (QED) is 0.682. The van der Waals surface area contributed by atoms with E-state index < -0.39 is 0 Å². The normalized spacial score (nSPS) is 25.5. The van der Waals surface area contributed by atoms with Crippen LogP contribution in [-0.4, -0.2) is 50.2 Å². The minimum absolute atomic E-state index is 0.201. The lowest BCUT2D eigenvalue weighted by Gasteiger charge is -2.16. The number of nitrogens with one attached hydrogen (secondary N) is 1. The van der Waals surface area contributed by atoms with Gasteiger partial charge in [0.1, 0.15) is 0 Å². The monoisotopic (exact) mass is 214 g/mol. The standard InChI is InChI=1S/C11H22N2O2/c1-9-10(6-8-15-9)12-7-4-5-11(14)13(2)3/h9-10,12H,4-8H2,1-3H3. The molecule has 0 aliphatic carbocycles. The van der Waals surface area contributed by atoms with E-state index >= 15 is 0 Å². The molecular weight excluding hydrogens is 192 g/mol. The summed E-state index contributed by atoms with van der Waals surface area (Å²) in [4.78, 5) is 12.9. The molecule has 15 heavy (non-hydrogen) atoms. The predicted octanol–water partition coefficient (Wildman–Crippen LogP) is 0.622. The highest BCUT2D eigenvalue weighted by Gasteiger charge is 2.22. The van der Waals surface area contributed by atoms with Gasteiger partial charge in [-0.25, -0.2) is 0 Å². The molecule has 1 fully saturated rings. The van der Waals surface area contributed by atoms with E-state index in [0.29, 0.717) is 18.6 Å². The maximum atomic E-state index is 11.3. The van der Waals surface area contributed by atoms with E-state index in [2.05, 4.69) is 12.2 Å². The van der Waals surface area contributed by atoms with Crippen molar-refractivity contribution < 1.29 is 9.53 Å². The number of hydrogen-bond acceptors (Lipinski definition) is 3. The summed E-state index contributed by atoms with van der Waals surface area (Å²) in [7, 11) is 3.59. The molecule has 2 atom stereocenters. The van der Waals surface area contributed by atoms with Gasteiger partial charge in [0.25, 0.3) is 0 Å². The molecule has 1 rings (SSSR count). The van der Waals surface area contributed by atoms with Crippen molar-refractivity contribution in [1.82, 2.24) is 10.2 Å². The lowest BCUT2D eigenvalue weighted by atomic mass is 10.1. The molecule has 4 nitrogen and oxygen atoms in total. The molecule has 88 valence electrons. The first kappa shape index (κ1) is 12.5. The van der Waals surface area contributed by atoms with Gasteiger partial charge >= 0.3 is 0 Å². The van der Waals surface area contributed by atoms with Crippen molar-refractivity contribution in [3.05, 3.63) is 0 Å². The second-order valence-electron chi connectivity index (χ2n) is 4.32. The lowest BCUT2D eigenvalue weighted by Crippen LogP contribution is -2.35. The van der Waals surface area contributed by atoms with Crippen molar-refractivity contribution in [1.29, 1.82) is 0 Å². The molecule has 0 saturated carbocycles. The third-order valence-electron chi connectivity index (χ3n) is 2.85. The van der Waals surface area contributed by atoms with Crippen LogP contribution in [0.15, 0.2) is 0 Å². The molecule has 0 radical (unpaired) electrons. The fourth-order valence-corrected chi connectivity index (χ4v) is 1.75. The van der Waals surface area contributed by atoms with Gasteiger partial charge in [0, 0.05) is 33.2 Å². The van der Waals surface area contributed by atoms with Crippen LogP contribution in [0, 0.1) is 0 Å². The van der Waals surface area contributed by atoms with Crippen LogP contribution in [0.1, 0.15) is 26.2 Å². The highest BCUT2D eigenvalue weighted by Crippen LogP contribution is 2.12. The summed E-state index contributed by atoms with van der Waals surface area (Å²) in [6, 6.07) is 0.472. The molecule has 2 unspecified atom stereocenters. The van der Waals surface area contributed by atoms with Crippen molar-refractivity contribution in [2.24, 2.45) is 0 Å². The number of carbonyl (C=O) groups excluding carboxylic acids is 1. The van der Waals surface area contributed by atoms with Crippen LogP contribution in [0.25, 0.3) is 0 Å². The first-order valence-corrected chi connectivity index (χ1v) is 5.66. The van der Waals surface area contributed by atoms with Gasteiger partial charge < -0.3 is 15.0 Å². The highest BCUT2D eigenvalue weighted by atomic mass is 16.5. The molecule has 0 bridgehead atoms. The first-order valence-electron chi connectivity index (χ1n) is 5.66. The number of hydrogen-bond donors (Lipinski definition) is 1. The van der Waals surface area contributed by atoms with Crippen LogP contribution in [-0.2, 0) is 9.53 Å². The van der Waals surface area contributed by atoms with Crippen LogP contribution in [0.5, 0.6) is 0 Å². The van der Waals surface area contributed by atoms with E-state index in [0.717, 1.165) is 26.0 Å². The van der Waals surface area contributed by atoms with Gasteiger partial charge in [-0.1, -0.05) is 0 Å². The van der Waals surface area contributed by atoms with Crippen LogP contribution in [0.3, 0.4) is 0 Å². The fraction of sp³-hybridized carbons (Fsp3) is 0.909. The lowest BCUT2D eigenvalue weighted by molar-refractivity contribution is -0.128. The number of ether oxygens (including phenoxy) is 1. The summed E-state index contributed by atoms with van der Waals surface area (Å²) >= 11 is 0. The number of amides is 1.